The minimum atomic E-state index is -4.65. The van der Waals surface area contributed by atoms with Crippen LogP contribution in [0.2, 0.25) is 0 Å². The number of benzene rings is 1. The lowest BCUT2D eigenvalue weighted by Gasteiger charge is -2.33. The molecule has 1 saturated heterocycles. The zero-order valence-corrected chi connectivity index (χ0v) is 14.3. The maximum atomic E-state index is 13.2. The fourth-order valence-corrected chi connectivity index (χ4v) is 3.47. The molecule has 1 fully saturated rings. The third kappa shape index (κ3) is 2.53. The Balaban J connectivity index is 2.59. The molecule has 0 saturated carbocycles. The van der Waals surface area contributed by atoms with Gasteiger partial charge in [-0.25, -0.2) is 0 Å². The van der Waals surface area contributed by atoms with Crippen LogP contribution in [0.1, 0.15) is 37.8 Å². The number of nitrogens with zero attached hydrogens (tertiary/aromatic N) is 3. The lowest BCUT2D eigenvalue weighted by atomic mass is 9.91. The van der Waals surface area contributed by atoms with E-state index in [0.29, 0.717) is 12.8 Å². The molecule has 1 heterocycles. The van der Waals surface area contributed by atoms with Crippen molar-refractivity contribution in [1.82, 2.24) is 4.90 Å². The van der Waals surface area contributed by atoms with Crippen LogP contribution in [0, 0.1) is 16.7 Å². The quantitative estimate of drug-likeness (QED) is 0.829. The fraction of sp³-hybridized carbons (Fsp3) is 0.438. The number of anilines is 1. The summed E-state index contributed by atoms with van der Waals surface area (Å²) in [5.74, 6) is 0.151. The van der Waals surface area contributed by atoms with E-state index in [1.807, 2.05) is 13.8 Å². The Morgan fingerprint density at radius 1 is 1.29 bits per heavy atom. The predicted octanol–water partition coefficient (Wildman–Crippen LogP) is 4.15. The van der Waals surface area contributed by atoms with Gasteiger partial charge in [-0.05, 0) is 43.3 Å². The first kappa shape index (κ1) is 18.2. The molecule has 0 spiro atoms. The maximum absolute atomic E-state index is 13.2. The summed E-state index contributed by atoms with van der Waals surface area (Å²) in [5, 5.41) is 17.7. The summed E-state index contributed by atoms with van der Waals surface area (Å²) in [6.07, 6.45) is -3.43. The van der Waals surface area contributed by atoms with E-state index >= 15 is 0 Å². The van der Waals surface area contributed by atoms with Crippen LogP contribution in [0.4, 0.5) is 18.9 Å². The maximum Gasteiger partial charge on any atom is 0.417 e. The molecule has 2 rings (SSSR count). The van der Waals surface area contributed by atoms with Crippen molar-refractivity contribution in [2.75, 3.05) is 11.9 Å². The smallest absolute Gasteiger partial charge is 0.339 e. The number of nitriles is 1. The summed E-state index contributed by atoms with van der Waals surface area (Å²) in [5.41, 5.74) is -1.96. The van der Waals surface area contributed by atoms with Crippen LogP contribution in [0.25, 0.3) is 0 Å². The first-order valence-corrected chi connectivity index (χ1v) is 7.83. The largest absolute Gasteiger partial charge is 0.417 e. The highest BCUT2D eigenvalue weighted by atomic mass is 32.1. The number of alkyl halides is 3. The Hall–Kier alpha value is -2.14. The van der Waals surface area contributed by atoms with Gasteiger partial charge in [0.2, 0.25) is 0 Å². The molecule has 4 nitrogen and oxygen atoms in total. The van der Waals surface area contributed by atoms with Crippen LogP contribution < -0.4 is 4.90 Å². The predicted molar refractivity (Wildman–Crippen MR) is 90.0 cm³/mol. The zero-order valence-electron chi connectivity index (χ0n) is 13.5. The zero-order chi connectivity index (χ0) is 18.3. The molecule has 0 radical (unpaired) electrons. The average molecular weight is 354 g/mol. The molecule has 1 aliphatic rings. The summed E-state index contributed by atoms with van der Waals surface area (Å²) in [6, 6.07) is 4.95. The second-order valence-corrected chi connectivity index (χ2v) is 5.97. The number of hydrogen-bond acceptors (Lipinski definition) is 3. The van der Waals surface area contributed by atoms with Gasteiger partial charge in [-0.3, -0.25) is 10.3 Å². The van der Waals surface area contributed by atoms with Gasteiger partial charge in [-0.2, -0.15) is 18.4 Å². The van der Waals surface area contributed by atoms with E-state index in [4.69, 9.17) is 22.9 Å². The standard InChI is InChI=1S/C16H17F3N4S/c1-4-15(5-2)13(21)23(14(24)22(15)3)11-7-6-10(9-20)12(8-11)16(17,18)19/h6-8,21H,4-5H2,1-3H3. The second-order valence-electron chi connectivity index (χ2n) is 5.60. The topological polar surface area (TPSA) is 54.1 Å². The van der Waals surface area contributed by atoms with Gasteiger partial charge in [-0.1, -0.05) is 13.8 Å². The van der Waals surface area contributed by atoms with Crippen LogP contribution in [0.5, 0.6) is 0 Å². The summed E-state index contributed by atoms with van der Waals surface area (Å²) in [6.45, 7) is 3.83. The molecule has 0 aromatic heterocycles. The SMILES string of the molecule is CCC1(CC)C(=N)N(c2ccc(C#N)c(C(F)(F)F)c2)C(=S)N1C. The number of thiocarbonyl (C=S) groups is 1. The molecule has 24 heavy (non-hydrogen) atoms. The van der Waals surface area contributed by atoms with Crippen LogP contribution in [0.15, 0.2) is 18.2 Å². The lowest BCUT2D eigenvalue weighted by molar-refractivity contribution is -0.137. The van der Waals surface area contributed by atoms with Gasteiger partial charge in [0.15, 0.2) is 5.11 Å². The van der Waals surface area contributed by atoms with Gasteiger partial charge in [0.05, 0.1) is 28.4 Å². The molecule has 128 valence electrons. The first-order valence-electron chi connectivity index (χ1n) is 7.42. The van der Waals surface area contributed by atoms with Crippen LogP contribution in [-0.4, -0.2) is 28.4 Å². The molecule has 8 heteroatoms. The van der Waals surface area contributed by atoms with Gasteiger partial charge < -0.3 is 4.90 Å². The van der Waals surface area contributed by atoms with Crippen molar-refractivity contribution in [3.63, 3.8) is 0 Å². The minimum Gasteiger partial charge on any atom is -0.339 e. The molecule has 1 aromatic carbocycles. The van der Waals surface area contributed by atoms with Crippen molar-refractivity contribution in [3.05, 3.63) is 29.3 Å². The molecular formula is C16H17F3N4S. The summed E-state index contributed by atoms with van der Waals surface area (Å²) >= 11 is 5.37. The minimum absolute atomic E-state index is 0.145. The lowest BCUT2D eigenvalue weighted by Crippen LogP contribution is -2.46. The van der Waals surface area contributed by atoms with Gasteiger partial charge in [0.1, 0.15) is 5.84 Å². The molecule has 1 aromatic rings. The van der Waals surface area contributed by atoms with Crippen molar-refractivity contribution in [2.24, 2.45) is 0 Å². The second kappa shape index (κ2) is 6.06. The number of rotatable bonds is 3. The molecule has 0 bridgehead atoms. The molecular weight excluding hydrogens is 337 g/mol. The summed E-state index contributed by atoms with van der Waals surface area (Å²) in [4.78, 5) is 3.11. The third-order valence-corrected chi connectivity index (χ3v) is 5.10. The Kier molecular flexibility index (Phi) is 4.59. The normalized spacial score (nSPS) is 17.4. The van der Waals surface area contributed by atoms with E-state index in [-0.39, 0.29) is 16.6 Å². The van der Waals surface area contributed by atoms with E-state index in [1.165, 1.54) is 11.0 Å². The van der Waals surface area contributed by atoms with Crippen molar-refractivity contribution >= 4 is 28.9 Å². The number of halogens is 3. The van der Waals surface area contributed by atoms with E-state index in [1.54, 1.807) is 18.0 Å². The Morgan fingerprint density at radius 2 is 1.88 bits per heavy atom. The summed E-state index contributed by atoms with van der Waals surface area (Å²) < 4.78 is 39.6. The highest BCUT2D eigenvalue weighted by Crippen LogP contribution is 2.39. The monoisotopic (exact) mass is 354 g/mol. The number of likely N-dealkylation sites (N-methyl/N-ethyl adjacent to an activating group) is 1. The van der Waals surface area contributed by atoms with E-state index in [9.17, 15) is 13.2 Å². The van der Waals surface area contributed by atoms with E-state index in [2.05, 4.69) is 0 Å². The molecule has 1 N–H and O–H groups in total. The van der Waals surface area contributed by atoms with Crippen molar-refractivity contribution in [3.8, 4) is 6.07 Å². The van der Waals surface area contributed by atoms with Gasteiger partial charge >= 0.3 is 6.18 Å². The number of hydrogen-bond donors (Lipinski definition) is 1. The van der Waals surface area contributed by atoms with E-state index < -0.39 is 22.8 Å². The third-order valence-electron chi connectivity index (χ3n) is 4.64. The van der Waals surface area contributed by atoms with Crippen molar-refractivity contribution in [1.29, 1.82) is 10.7 Å². The summed E-state index contributed by atoms with van der Waals surface area (Å²) in [7, 11) is 1.75. The van der Waals surface area contributed by atoms with Gasteiger partial charge in [-0.15, -0.1) is 0 Å². The number of nitrogens with one attached hydrogen (secondary N) is 1. The highest BCUT2D eigenvalue weighted by Gasteiger charge is 2.49. The molecule has 0 unspecified atom stereocenters. The molecule has 0 aliphatic carbocycles. The fourth-order valence-electron chi connectivity index (χ4n) is 3.10. The molecule has 1 aliphatic heterocycles. The average Bonchev–Trinajstić information content (AvgIpc) is 2.73. The van der Waals surface area contributed by atoms with Crippen LogP contribution >= 0.6 is 12.2 Å². The number of amidine groups is 1. The van der Waals surface area contributed by atoms with Crippen LogP contribution in [-0.2, 0) is 6.18 Å². The van der Waals surface area contributed by atoms with E-state index in [0.717, 1.165) is 12.1 Å². The molecule has 0 amide bonds. The first-order chi connectivity index (χ1) is 11.1. The van der Waals surface area contributed by atoms with Gasteiger partial charge in [0, 0.05) is 7.05 Å². The van der Waals surface area contributed by atoms with Gasteiger partial charge in [0.25, 0.3) is 0 Å². The van der Waals surface area contributed by atoms with Crippen molar-refractivity contribution < 1.29 is 13.2 Å². The Bertz CT molecular complexity index is 732. The van der Waals surface area contributed by atoms with Crippen molar-refractivity contribution in [2.45, 2.75) is 38.4 Å². The Labute approximate surface area is 144 Å². The molecule has 0 atom stereocenters. The Morgan fingerprint density at radius 3 is 2.29 bits per heavy atom. The van der Waals surface area contributed by atoms with Crippen LogP contribution in [0.3, 0.4) is 0 Å². The highest BCUT2D eigenvalue weighted by molar-refractivity contribution is 7.80.